The van der Waals surface area contributed by atoms with Gasteiger partial charge in [0.15, 0.2) is 0 Å². The number of urea groups is 1. The molecular formula is C25H32N4O2. The van der Waals surface area contributed by atoms with E-state index < -0.39 is 0 Å². The number of piperidine rings is 1. The molecule has 6 nitrogen and oxygen atoms in total. The molecule has 3 amide bonds. The number of rotatable bonds is 5. The summed E-state index contributed by atoms with van der Waals surface area (Å²) in [4.78, 5) is 29.6. The Hall–Kier alpha value is -2.86. The number of para-hydroxylation sites is 1. The summed E-state index contributed by atoms with van der Waals surface area (Å²) in [6.45, 7) is 4.53. The van der Waals surface area contributed by atoms with Gasteiger partial charge in [-0.15, -0.1) is 0 Å². The molecule has 0 aromatic heterocycles. The number of anilines is 2. The number of aryl methyl sites for hydroxylation is 1. The van der Waals surface area contributed by atoms with Crippen LogP contribution in [0.3, 0.4) is 0 Å². The minimum absolute atomic E-state index is 0.0728. The molecule has 0 radical (unpaired) electrons. The van der Waals surface area contributed by atoms with Gasteiger partial charge in [0.25, 0.3) is 5.91 Å². The van der Waals surface area contributed by atoms with E-state index in [-0.39, 0.29) is 11.9 Å². The van der Waals surface area contributed by atoms with Crippen LogP contribution in [-0.4, -0.2) is 49.6 Å². The van der Waals surface area contributed by atoms with Crippen molar-refractivity contribution in [2.45, 2.75) is 38.5 Å². The number of benzene rings is 2. The Morgan fingerprint density at radius 2 is 1.58 bits per heavy atom. The van der Waals surface area contributed by atoms with Gasteiger partial charge in [-0.05, 0) is 81.1 Å². The minimum Gasteiger partial charge on any atom is -0.351 e. The average molecular weight is 421 g/mol. The molecule has 0 bridgehead atoms. The lowest BCUT2D eigenvalue weighted by atomic mass is 10.1. The molecule has 0 spiro atoms. The predicted octanol–water partition coefficient (Wildman–Crippen LogP) is 4.28. The van der Waals surface area contributed by atoms with Crippen molar-refractivity contribution in [2.24, 2.45) is 0 Å². The zero-order valence-electron chi connectivity index (χ0n) is 18.1. The van der Waals surface area contributed by atoms with Gasteiger partial charge in [0, 0.05) is 36.6 Å². The Balaban J connectivity index is 1.31. The van der Waals surface area contributed by atoms with Crippen LogP contribution in [0.15, 0.2) is 48.5 Å². The van der Waals surface area contributed by atoms with Crippen molar-refractivity contribution in [3.8, 4) is 0 Å². The number of carbonyl (C=O) groups is 2. The molecule has 0 unspecified atom stereocenters. The van der Waals surface area contributed by atoms with E-state index >= 15 is 0 Å². The molecule has 2 aromatic carbocycles. The van der Waals surface area contributed by atoms with Crippen LogP contribution in [0.2, 0.25) is 0 Å². The zero-order chi connectivity index (χ0) is 21.5. The number of amides is 3. The molecule has 2 aliphatic rings. The number of fused-ring (bicyclic) bond motifs is 1. The Morgan fingerprint density at radius 1 is 0.839 bits per heavy atom. The van der Waals surface area contributed by atoms with Gasteiger partial charge in [-0.25, -0.2) is 4.79 Å². The lowest BCUT2D eigenvalue weighted by molar-refractivity contribution is 0.0946. The maximum Gasteiger partial charge on any atom is 0.326 e. The summed E-state index contributed by atoms with van der Waals surface area (Å²) in [6, 6.07) is 15.1. The first-order chi connectivity index (χ1) is 15.2. The minimum atomic E-state index is -0.131. The standard InChI is InChI=1S/C25H32N4O2/c30-24(26-15-19-28-16-5-1-6-17-28)21-11-13-22(14-12-21)27-25(31)29-18-7-4-9-20-8-2-3-10-23(20)29/h2-3,8,10-14H,1,4-7,9,15-19H2,(H,26,30)(H,27,31). The van der Waals surface area contributed by atoms with Crippen molar-refractivity contribution in [2.75, 3.05) is 42.9 Å². The fraction of sp³-hybridized carbons (Fsp3) is 0.440. The highest BCUT2D eigenvalue weighted by molar-refractivity contribution is 6.02. The smallest absolute Gasteiger partial charge is 0.326 e. The van der Waals surface area contributed by atoms with Crippen molar-refractivity contribution >= 4 is 23.3 Å². The van der Waals surface area contributed by atoms with Gasteiger partial charge in [-0.2, -0.15) is 0 Å². The van der Waals surface area contributed by atoms with Crippen molar-refractivity contribution in [3.63, 3.8) is 0 Å². The Kier molecular flexibility index (Phi) is 7.20. The lowest BCUT2D eigenvalue weighted by Gasteiger charge is -2.26. The molecule has 4 rings (SSSR count). The number of carbonyl (C=O) groups excluding carboxylic acids is 2. The molecule has 2 N–H and O–H groups in total. The summed E-state index contributed by atoms with van der Waals surface area (Å²) >= 11 is 0. The van der Waals surface area contributed by atoms with Gasteiger partial charge < -0.3 is 15.5 Å². The molecule has 0 atom stereocenters. The number of hydrogen-bond acceptors (Lipinski definition) is 3. The van der Waals surface area contributed by atoms with E-state index in [0.717, 1.165) is 44.6 Å². The number of hydrogen-bond donors (Lipinski definition) is 2. The molecular weight excluding hydrogens is 388 g/mol. The maximum atomic E-state index is 12.9. The van der Waals surface area contributed by atoms with Crippen LogP contribution >= 0.6 is 0 Å². The first-order valence-corrected chi connectivity index (χ1v) is 11.5. The van der Waals surface area contributed by atoms with Gasteiger partial charge >= 0.3 is 6.03 Å². The second-order valence-corrected chi connectivity index (χ2v) is 8.40. The summed E-state index contributed by atoms with van der Waals surface area (Å²) in [5.74, 6) is -0.0728. The predicted molar refractivity (Wildman–Crippen MR) is 125 cm³/mol. The quantitative estimate of drug-likeness (QED) is 0.759. The Bertz CT molecular complexity index is 891. The van der Waals surface area contributed by atoms with Crippen molar-refractivity contribution in [1.29, 1.82) is 0 Å². The van der Waals surface area contributed by atoms with Crippen LogP contribution in [0.5, 0.6) is 0 Å². The first-order valence-electron chi connectivity index (χ1n) is 11.5. The topological polar surface area (TPSA) is 64.7 Å². The molecule has 6 heteroatoms. The SMILES string of the molecule is O=C(NCCN1CCCCC1)c1ccc(NC(=O)N2CCCCc3ccccc32)cc1. The molecule has 1 fully saturated rings. The highest BCUT2D eigenvalue weighted by Gasteiger charge is 2.21. The summed E-state index contributed by atoms with van der Waals surface area (Å²) in [5, 5.41) is 5.98. The number of likely N-dealkylation sites (tertiary alicyclic amines) is 1. The lowest BCUT2D eigenvalue weighted by Crippen LogP contribution is -2.37. The second-order valence-electron chi connectivity index (χ2n) is 8.40. The van der Waals surface area contributed by atoms with Crippen LogP contribution in [0, 0.1) is 0 Å². The molecule has 1 saturated heterocycles. The number of nitrogens with one attached hydrogen (secondary N) is 2. The van der Waals surface area contributed by atoms with E-state index in [4.69, 9.17) is 0 Å². The van der Waals surface area contributed by atoms with Gasteiger partial charge in [0.05, 0.1) is 0 Å². The number of nitrogens with zero attached hydrogens (tertiary/aromatic N) is 2. The van der Waals surface area contributed by atoms with E-state index in [1.807, 2.05) is 23.1 Å². The molecule has 2 aromatic rings. The Labute approximate surface area is 184 Å². The van der Waals surface area contributed by atoms with Gasteiger partial charge in [-0.3, -0.25) is 9.69 Å². The maximum absolute atomic E-state index is 12.9. The first kappa shape index (κ1) is 21.4. The van der Waals surface area contributed by atoms with Crippen LogP contribution in [0.1, 0.15) is 48.0 Å². The summed E-state index contributed by atoms with van der Waals surface area (Å²) in [7, 11) is 0. The molecule has 31 heavy (non-hydrogen) atoms. The highest BCUT2D eigenvalue weighted by Crippen LogP contribution is 2.26. The summed E-state index contributed by atoms with van der Waals surface area (Å²) in [5.41, 5.74) is 3.50. The van der Waals surface area contributed by atoms with Crippen LogP contribution in [0.25, 0.3) is 0 Å². The van der Waals surface area contributed by atoms with Crippen LogP contribution in [0.4, 0.5) is 16.2 Å². The molecule has 0 aliphatic carbocycles. The average Bonchev–Trinajstić information content (AvgIpc) is 3.03. The summed E-state index contributed by atoms with van der Waals surface area (Å²) < 4.78 is 0. The third-order valence-corrected chi connectivity index (χ3v) is 6.17. The molecule has 2 heterocycles. The van der Waals surface area contributed by atoms with E-state index in [9.17, 15) is 9.59 Å². The van der Waals surface area contributed by atoms with Crippen molar-refractivity contribution in [1.82, 2.24) is 10.2 Å². The van der Waals surface area contributed by atoms with Gasteiger partial charge in [-0.1, -0.05) is 24.6 Å². The van der Waals surface area contributed by atoms with E-state index in [1.54, 1.807) is 24.3 Å². The van der Waals surface area contributed by atoms with Crippen molar-refractivity contribution in [3.05, 3.63) is 59.7 Å². The third-order valence-electron chi connectivity index (χ3n) is 6.17. The van der Waals surface area contributed by atoms with Crippen LogP contribution in [-0.2, 0) is 6.42 Å². The fourth-order valence-corrected chi connectivity index (χ4v) is 4.41. The Morgan fingerprint density at radius 3 is 2.39 bits per heavy atom. The van der Waals surface area contributed by atoms with E-state index in [2.05, 4.69) is 21.6 Å². The molecule has 2 aliphatic heterocycles. The summed E-state index contributed by atoms with van der Waals surface area (Å²) in [6.07, 6.45) is 6.90. The molecule has 164 valence electrons. The third kappa shape index (κ3) is 5.64. The second kappa shape index (κ2) is 10.4. The monoisotopic (exact) mass is 420 g/mol. The van der Waals surface area contributed by atoms with Gasteiger partial charge in [0.1, 0.15) is 0 Å². The largest absolute Gasteiger partial charge is 0.351 e. The van der Waals surface area contributed by atoms with E-state index in [0.29, 0.717) is 24.3 Å². The fourth-order valence-electron chi connectivity index (χ4n) is 4.41. The van der Waals surface area contributed by atoms with Crippen molar-refractivity contribution < 1.29 is 9.59 Å². The molecule has 0 saturated carbocycles. The van der Waals surface area contributed by atoms with Gasteiger partial charge in [0.2, 0.25) is 0 Å². The zero-order valence-corrected chi connectivity index (χ0v) is 18.1. The van der Waals surface area contributed by atoms with Crippen LogP contribution < -0.4 is 15.5 Å². The van der Waals surface area contributed by atoms with E-state index in [1.165, 1.54) is 24.8 Å². The normalized spacial score (nSPS) is 16.8. The highest BCUT2D eigenvalue weighted by atomic mass is 16.2.